The zero-order chi connectivity index (χ0) is 21.1. The lowest BCUT2D eigenvalue weighted by Crippen LogP contribution is -3.12. The minimum Gasteiger partial charge on any atom is -0.462 e. The Kier molecular flexibility index (Phi) is 6.12. The number of carbonyl (C=O) groups is 3. The molecule has 1 amide bonds. The van der Waals surface area contributed by atoms with Gasteiger partial charge in [0.05, 0.1) is 45.4 Å². The monoisotopic (exact) mass is 402 g/mol. The highest BCUT2D eigenvalue weighted by Gasteiger charge is 2.34. The van der Waals surface area contributed by atoms with Crippen molar-refractivity contribution >= 4 is 17.7 Å². The number of ether oxygens (including phenoxy) is 1. The average molecular weight is 402 g/mol. The first-order valence-electron chi connectivity index (χ1n) is 9.64. The van der Waals surface area contributed by atoms with E-state index in [9.17, 15) is 18.8 Å². The number of quaternary nitrogens is 1. The molecule has 1 aliphatic rings. The Hall–Kier alpha value is -3.00. The SMILES string of the molecule is CCOC(=O)c1c(C)[nH]c(C(=O)C(=O)N2CC[NH+](C)CC2)c1-c1ccccc1F. The summed E-state index contributed by atoms with van der Waals surface area (Å²) in [6, 6.07) is 5.84. The Labute approximate surface area is 168 Å². The van der Waals surface area contributed by atoms with Gasteiger partial charge in [-0.05, 0) is 19.9 Å². The van der Waals surface area contributed by atoms with Crippen LogP contribution in [0.15, 0.2) is 24.3 Å². The number of Topliss-reactive ketones (excluding diaryl/α,β-unsaturated/α-hetero) is 1. The van der Waals surface area contributed by atoms with Gasteiger partial charge in [0.1, 0.15) is 11.5 Å². The Balaban J connectivity index is 2.08. The zero-order valence-corrected chi connectivity index (χ0v) is 16.8. The summed E-state index contributed by atoms with van der Waals surface area (Å²) in [6.45, 7) is 5.82. The topological polar surface area (TPSA) is 83.9 Å². The number of amides is 1. The molecule has 0 bridgehead atoms. The van der Waals surface area contributed by atoms with E-state index in [0.29, 0.717) is 18.8 Å². The van der Waals surface area contributed by atoms with Crippen molar-refractivity contribution in [2.75, 3.05) is 39.8 Å². The second kappa shape index (κ2) is 8.57. The van der Waals surface area contributed by atoms with Gasteiger partial charge in [-0.2, -0.15) is 0 Å². The van der Waals surface area contributed by atoms with E-state index in [1.807, 2.05) is 7.05 Å². The van der Waals surface area contributed by atoms with Crippen LogP contribution in [0.2, 0.25) is 0 Å². The van der Waals surface area contributed by atoms with Gasteiger partial charge in [0.15, 0.2) is 0 Å². The van der Waals surface area contributed by atoms with Crippen LogP contribution >= 0.6 is 0 Å². The number of nitrogens with zero attached hydrogens (tertiary/aromatic N) is 1. The fourth-order valence-corrected chi connectivity index (χ4v) is 3.53. The second-order valence-electron chi connectivity index (χ2n) is 7.15. The van der Waals surface area contributed by atoms with Gasteiger partial charge in [0.25, 0.3) is 11.7 Å². The van der Waals surface area contributed by atoms with E-state index in [1.54, 1.807) is 19.9 Å². The number of piperazine rings is 1. The molecule has 0 saturated carbocycles. The minimum atomic E-state index is -0.790. The van der Waals surface area contributed by atoms with E-state index >= 15 is 0 Å². The lowest BCUT2D eigenvalue weighted by Gasteiger charge is -2.29. The van der Waals surface area contributed by atoms with E-state index in [-0.39, 0.29) is 29.0 Å². The quantitative estimate of drug-likeness (QED) is 0.441. The molecule has 2 N–H and O–H groups in total. The predicted molar refractivity (Wildman–Crippen MR) is 104 cm³/mol. The molecule has 1 saturated heterocycles. The number of ketones is 1. The number of hydrogen-bond donors (Lipinski definition) is 2. The summed E-state index contributed by atoms with van der Waals surface area (Å²) >= 11 is 0. The molecule has 1 aromatic carbocycles. The van der Waals surface area contributed by atoms with Crippen molar-refractivity contribution in [3.63, 3.8) is 0 Å². The van der Waals surface area contributed by atoms with Gasteiger partial charge in [-0.3, -0.25) is 9.59 Å². The third kappa shape index (κ3) is 4.07. The fourth-order valence-electron chi connectivity index (χ4n) is 3.53. The number of likely N-dealkylation sites (N-methyl/N-ethyl adjacent to an activating group) is 1. The van der Waals surface area contributed by atoms with Gasteiger partial charge < -0.3 is 19.5 Å². The van der Waals surface area contributed by atoms with Crippen LogP contribution in [0.4, 0.5) is 4.39 Å². The second-order valence-corrected chi connectivity index (χ2v) is 7.15. The highest BCUT2D eigenvalue weighted by atomic mass is 19.1. The molecule has 0 unspecified atom stereocenters. The molecule has 0 aliphatic carbocycles. The molecular weight excluding hydrogens is 377 g/mol. The fraction of sp³-hybridized carbons (Fsp3) is 0.381. The number of aromatic nitrogens is 1. The minimum absolute atomic E-state index is 0.0657. The summed E-state index contributed by atoms with van der Waals surface area (Å²) in [5, 5.41) is 0. The molecule has 1 aromatic heterocycles. The van der Waals surface area contributed by atoms with Crippen molar-refractivity contribution in [2.45, 2.75) is 13.8 Å². The highest BCUT2D eigenvalue weighted by Crippen LogP contribution is 2.33. The molecule has 0 spiro atoms. The lowest BCUT2D eigenvalue weighted by atomic mass is 9.97. The maximum Gasteiger partial charge on any atom is 0.340 e. The van der Waals surface area contributed by atoms with Crippen LogP contribution in [0.25, 0.3) is 11.1 Å². The molecule has 2 heterocycles. The van der Waals surface area contributed by atoms with E-state index in [1.165, 1.54) is 28.0 Å². The van der Waals surface area contributed by atoms with E-state index in [0.717, 1.165) is 13.1 Å². The van der Waals surface area contributed by atoms with Gasteiger partial charge >= 0.3 is 5.97 Å². The summed E-state index contributed by atoms with van der Waals surface area (Å²) in [4.78, 5) is 44.1. The number of hydrogen-bond acceptors (Lipinski definition) is 4. The Morgan fingerprint density at radius 3 is 2.48 bits per heavy atom. The van der Waals surface area contributed by atoms with Crippen molar-refractivity contribution < 1.29 is 28.4 Å². The van der Waals surface area contributed by atoms with Gasteiger partial charge in [-0.1, -0.05) is 18.2 Å². The molecule has 8 heteroatoms. The van der Waals surface area contributed by atoms with Gasteiger partial charge in [-0.15, -0.1) is 0 Å². The van der Waals surface area contributed by atoms with Crippen molar-refractivity contribution in [1.82, 2.24) is 9.88 Å². The van der Waals surface area contributed by atoms with E-state index in [2.05, 4.69) is 4.98 Å². The maximum absolute atomic E-state index is 14.6. The van der Waals surface area contributed by atoms with Crippen LogP contribution in [0.3, 0.4) is 0 Å². The number of nitrogens with one attached hydrogen (secondary N) is 2. The van der Waals surface area contributed by atoms with Crippen molar-refractivity contribution in [3.8, 4) is 11.1 Å². The number of halogens is 1. The molecule has 154 valence electrons. The first-order valence-corrected chi connectivity index (χ1v) is 9.64. The normalized spacial score (nSPS) is 14.7. The third-order valence-electron chi connectivity index (χ3n) is 5.14. The average Bonchev–Trinajstić information content (AvgIpc) is 3.05. The Morgan fingerprint density at radius 1 is 1.21 bits per heavy atom. The number of aryl methyl sites for hydroxylation is 1. The molecule has 1 aliphatic heterocycles. The number of rotatable bonds is 5. The lowest BCUT2D eigenvalue weighted by molar-refractivity contribution is -0.883. The van der Waals surface area contributed by atoms with Gasteiger partial charge in [0, 0.05) is 16.8 Å². The number of aromatic amines is 1. The number of benzene rings is 1. The van der Waals surface area contributed by atoms with Crippen LogP contribution in [-0.4, -0.2) is 67.4 Å². The molecule has 2 aromatic rings. The predicted octanol–water partition coefficient (Wildman–Crippen LogP) is 0.846. The van der Waals surface area contributed by atoms with Crippen LogP contribution in [0.1, 0.15) is 33.5 Å². The smallest absolute Gasteiger partial charge is 0.340 e. The highest BCUT2D eigenvalue weighted by molar-refractivity contribution is 6.43. The Morgan fingerprint density at radius 2 is 1.86 bits per heavy atom. The van der Waals surface area contributed by atoms with Crippen molar-refractivity contribution in [2.24, 2.45) is 0 Å². The summed E-state index contributed by atoms with van der Waals surface area (Å²) in [7, 11) is 2.03. The van der Waals surface area contributed by atoms with E-state index < -0.39 is 23.5 Å². The summed E-state index contributed by atoms with van der Waals surface area (Å²) in [5.74, 6) is -2.72. The largest absolute Gasteiger partial charge is 0.462 e. The zero-order valence-electron chi connectivity index (χ0n) is 16.8. The maximum atomic E-state index is 14.6. The standard InChI is InChI=1S/C21H24FN3O4/c1-4-29-21(28)16-13(2)23-18(17(16)14-7-5-6-8-15(14)22)19(26)20(27)25-11-9-24(3)10-12-25/h5-8,23H,4,9-12H2,1-3H3/p+1. The molecular formula is C21H25FN3O4+. The summed E-state index contributed by atoms with van der Waals surface area (Å²) in [6.07, 6.45) is 0. The van der Waals surface area contributed by atoms with Crippen LogP contribution < -0.4 is 4.90 Å². The van der Waals surface area contributed by atoms with Crippen LogP contribution in [0, 0.1) is 12.7 Å². The van der Waals surface area contributed by atoms with Crippen LogP contribution in [-0.2, 0) is 9.53 Å². The van der Waals surface area contributed by atoms with Crippen molar-refractivity contribution in [3.05, 3.63) is 47.0 Å². The van der Waals surface area contributed by atoms with Gasteiger partial charge in [0.2, 0.25) is 0 Å². The third-order valence-corrected chi connectivity index (χ3v) is 5.14. The molecule has 1 fully saturated rings. The molecule has 0 atom stereocenters. The first kappa shape index (κ1) is 20.7. The molecule has 3 rings (SSSR count). The summed E-state index contributed by atoms with van der Waals surface area (Å²) in [5.41, 5.74) is 0.458. The number of esters is 1. The van der Waals surface area contributed by atoms with Gasteiger partial charge in [-0.25, -0.2) is 9.18 Å². The molecule has 7 nitrogen and oxygen atoms in total. The van der Waals surface area contributed by atoms with E-state index in [4.69, 9.17) is 4.74 Å². The molecule has 0 radical (unpaired) electrons. The molecule has 29 heavy (non-hydrogen) atoms. The number of carbonyl (C=O) groups excluding carboxylic acids is 3. The Bertz CT molecular complexity index is 945. The van der Waals surface area contributed by atoms with Crippen LogP contribution in [0.5, 0.6) is 0 Å². The first-order chi connectivity index (χ1) is 13.8. The number of H-pyrrole nitrogens is 1. The van der Waals surface area contributed by atoms with Crippen molar-refractivity contribution in [1.29, 1.82) is 0 Å². The summed E-state index contributed by atoms with van der Waals surface area (Å²) < 4.78 is 19.7.